The minimum atomic E-state index is 0. The van der Waals surface area contributed by atoms with Gasteiger partial charge in [0.25, 0.3) is 0 Å². The Morgan fingerprint density at radius 2 is 2.12 bits per heavy atom. The lowest BCUT2D eigenvalue weighted by atomic mass is 9.91. The Bertz CT molecular complexity index is 329. The standard InChI is InChI=1S/C12H22N4.ClH/c1-10(13)11-4-7-16(8-5-11)9-12-3-6-14-15(12)2;/h3,6,10-11H,4-5,7-9,13H2,1-2H3;1H. The lowest BCUT2D eigenvalue weighted by Crippen LogP contribution is -2.39. The van der Waals surface area contributed by atoms with Gasteiger partial charge in [0.2, 0.25) is 0 Å². The summed E-state index contributed by atoms with van der Waals surface area (Å²) < 4.78 is 1.96. The maximum absolute atomic E-state index is 5.94. The molecular weight excluding hydrogens is 236 g/mol. The van der Waals surface area contributed by atoms with E-state index in [4.69, 9.17) is 5.73 Å². The van der Waals surface area contributed by atoms with Crippen molar-refractivity contribution in [3.05, 3.63) is 18.0 Å². The Balaban J connectivity index is 0.00000144. The van der Waals surface area contributed by atoms with E-state index in [1.54, 1.807) is 0 Å². The van der Waals surface area contributed by atoms with E-state index in [-0.39, 0.29) is 12.4 Å². The number of hydrogen-bond donors (Lipinski definition) is 1. The number of aromatic nitrogens is 2. The highest BCUT2D eigenvalue weighted by molar-refractivity contribution is 5.85. The summed E-state index contributed by atoms with van der Waals surface area (Å²) in [6.07, 6.45) is 4.33. The van der Waals surface area contributed by atoms with Gasteiger partial charge in [-0.1, -0.05) is 0 Å². The first-order valence-corrected chi connectivity index (χ1v) is 6.11. The average molecular weight is 259 g/mol. The van der Waals surface area contributed by atoms with Crippen LogP contribution >= 0.6 is 12.4 Å². The second-order valence-corrected chi connectivity index (χ2v) is 4.92. The number of aryl methyl sites for hydroxylation is 1. The molecule has 0 amide bonds. The van der Waals surface area contributed by atoms with Crippen molar-refractivity contribution < 1.29 is 0 Å². The molecule has 0 aliphatic carbocycles. The summed E-state index contributed by atoms with van der Waals surface area (Å²) in [6, 6.07) is 2.44. The second kappa shape index (κ2) is 6.38. The molecule has 4 nitrogen and oxygen atoms in total. The average Bonchev–Trinajstić information content (AvgIpc) is 2.65. The lowest BCUT2D eigenvalue weighted by molar-refractivity contribution is 0.162. The van der Waals surface area contributed by atoms with Crippen molar-refractivity contribution in [3.63, 3.8) is 0 Å². The van der Waals surface area contributed by atoms with E-state index in [0.717, 1.165) is 19.6 Å². The van der Waals surface area contributed by atoms with Gasteiger partial charge >= 0.3 is 0 Å². The van der Waals surface area contributed by atoms with Crippen molar-refractivity contribution in [2.24, 2.45) is 18.7 Å². The predicted molar refractivity (Wildman–Crippen MR) is 72.1 cm³/mol. The normalized spacial score (nSPS) is 19.9. The molecule has 5 heteroatoms. The Morgan fingerprint density at radius 1 is 1.47 bits per heavy atom. The zero-order valence-electron chi connectivity index (χ0n) is 10.7. The lowest BCUT2D eigenvalue weighted by Gasteiger charge is -2.33. The molecule has 0 spiro atoms. The zero-order valence-corrected chi connectivity index (χ0v) is 11.5. The van der Waals surface area contributed by atoms with Crippen LogP contribution < -0.4 is 5.73 Å². The van der Waals surface area contributed by atoms with Gasteiger partial charge in [-0.15, -0.1) is 12.4 Å². The molecule has 1 unspecified atom stereocenters. The van der Waals surface area contributed by atoms with Crippen LogP contribution in [0.3, 0.4) is 0 Å². The first kappa shape index (κ1) is 14.5. The molecule has 2 heterocycles. The van der Waals surface area contributed by atoms with Crippen molar-refractivity contribution in [2.75, 3.05) is 13.1 Å². The minimum absolute atomic E-state index is 0. The van der Waals surface area contributed by atoms with Gasteiger partial charge in [-0.3, -0.25) is 9.58 Å². The summed E-state index contributed by atoms with van der Waals surface area (Å²) in [5.41, 5.74) is 7.23. The van der Waals surface area contributed by atoms with Crippen LogP contribution in [0.2, 0.25) is 0 Å². The van der Waals surface area contributed by atoms with Crippen LogP contribution in [0.25, 0.3) is 0 Å². The van der Waals surface area contributed by atoms with E-state index in [2.05, 4.69) is 23.0 Å². The Kier molecular flexibility index (Phi) is 5.43. The van der Waals surface area contributed by atoms with Crippen LogP contribution in [0, 0.1) is 5.92 Å². The van der Waals surface area contributed by atoms with E-state index in [9.17, 15) is 0 Å². The van der Waals surface area contributed by atoms with Crippen LogP contribution in [0.1, 0.15) is 25.5 Å². The van der Waals surface area contributed by atoms with Crippen molar-refractivity contribution in [1.29, 1.82) is 0 Å². The summed E-state index contributed by atoms with van der Waals surface area (Å²) in [6.45, 7) is 5.47. The predicted octanol–water partition coefficient (Wildman–Crippen LogP) is 1.40. The van der Waals surface area contributed by atoms with Gasteiger partial charge in [-0.05, 0) is 44.8 Å². The Labute approximate surface area is 110 Å². The zero-order chi connectivity index (χ0) is 11.5. The number of hydrogen-bond acceptors (Lipinski definition) is 3. The molecule has 2 N–H and O–H groups in total. The van der Waals surface area contributed by atoms with E-state index >= 15 is 0 Å². The monoisotopic (exact) mass is 258 g/mol. The van der Waals surface area contributed by atoms with Crippen LogP contribution in [-0.2, 0) is 13.6 Å². The van der Waals surface area contributed by atoms with Crippen LogP contribution in [0.4, 0.5) is 0 Å². The first-order chi connectivity index (χ1) is 7.66. The molecule has 1 saturated heterocycles. The van der Waals surface area contributed by atoms with Gasteiger partial charge in [-0.25, -0.2) is 0 Å². The number of piperidine rings is 1. The van der Waals surface area contributed by atoms with E-state index in [0.29, 0.717) is 12.0 Å². The van der Waals surface area contributed by atoms with Crippen molar-refractivity contribution in [2.45, 2.75) is 32.4 Å². The molecule has 2 rings (SSSR count). The minimum Gasteiger partial charge on any atom is -0.328 e. The quantitative estimate of drug-likeness (QED) is 0.892. The van der Waals surface area contributed by atoms with E-state index in [1.807, 2.05) is 17.9 Å². The SMILES string of the molecule is CC(N)C1CCN(Cc2ccnn2C)CC1.Cl. The highest BCUT2D eigenvalue weighted by Crippen LogP contribution is 2.20. The largest absolute Gasteiger partial charge is 0.328 e. The smallest absolute Gasteiger partial charge is 0.0521 e. The molecular formula is C12H23ClN4. The number of nitrogens with zero attached hydrogens (tertiary/aromatic N) is 3. The van der Waals surface area contributed by atoms with Gasteiger partial charge < -0.3 is 5.73 Å². The number of halogens is 1. The van der Waals surface area contributed by atoms with Gasteiger partial charge in [0.15, 0.2) is 0 Å². The Morgan fingerprint density at radius 3 is 2.59 bits per heavy atom. The molecule has 1 fully saturated rings. The molecule has 1 aliphatic heterocycles. The molecule has 98 valence electrons. The summed E-state index contributed by atoms with van der Waals surface area (Å²) in [5.74, 6) is 0.711. The van der Waals surface area contributed by atoms with E-state index in [1.165, 1.54) is 18.5 Å². The van der Waals surface area contributed by atoms with Gasteiger partial charge in [0.1, 0.15) is 0 Å². The van der Waals surface area contributed by atoms with Crippen LogP contribution in [0.5, 0.6) is 0 Å². The fourth-order valence-corrected chi connectivity index (χ4v) is 2.42. The molecule has 17 heavy (non-hydrogen) atoms. The van der Waals surface area contributed by atoms with Gasteiger partial charge in [-0.2, -0.15) is 5.10 Å². The van der Waals surface area contributed by atoms with Crippen LogP contribution in [0.15, 0.2) is 12.3 Å². The topological polar surface area (TPSA) is 47.1 Å². The fourth-order valence-electron chi connectivity index (χ4n) is 2.42. The van der Waals surface area contributed by atoms with Crippen LogP contribution in [-0.4, -0.2) is 33.8 Å². The second-order valence-electron chi connectivity index (χ2n) is 4.92. The molecule has 1 atom stereocenters. The number of rotatable bonds is 3. The molecule has 1 aromatic rings. The highest BCUT2D eigenvalue weighted by Gasteiger charge is 2.22. The molecule has 1 aromatic heterocycles. The summed E-state index contributed by atoms with van der Waals surface area (Å²) in [5, 5.41) is 4.20. The summed E-state index contributed by atoms with van der Waals surface area (Å²) >= 11 is 0. The maximum Gasteiger partial charge on any atom is 0.0521 e. The molecule has 0 aromatic carbocycles. The Hall–Kier alpha value is -0.580. The number of nitrogens with two attached hydrogens (primary N) is 1. The highest BCUT2D eigenvalue weighted by atomic mass is 35.5. The van der Waals surface area contributed by atoms with Gasteiger partial charge in [0.05, 0.1) is 5.69 Å². The third kappa shape index (κ3) is 3.69. The first-order valence-electron chi connectivity index (χ1n) is 6.11. The van der Waals surface area contributed by atoms with Crippen molar-refractivity contribution in [1.82, 2.24) is 14.7 Å². The van der Waals surface area contributed by atoms with Crippen molar-refractivity contribution >= 4 is 12.4 Å². The molecule has 0 radical (unpaired) electrons. The maximum atomic E-state index is 5.94. The number of likely N-dealkylation sites (tertiary alicyclic amines) is 1. The fraction of sp³-hybridized carbons (Fsp3) is 0.750. The molecule has 1 aliphatic rings. The third-order valence-electron chi connectivity index (χ3n) is 3.68. The molecule has 0 saturated carbocycles. The van der Waals surface area contributed by atoms with Crippen molar-refractivity contribution in [3.8, 4) is 0 Å². The van der Waals surface area contributed by atoms with E-state index < -0.39 is 0 Å². The van der Waals surface area contributed by atoms with Gasteiger partial charge in [0, 0.05) is 25.8 Å². The summed E-state index contributed by atoms with van der Waals surface area (Å²) in [4.78, 5) is 2.50. The molecule has 0 bridgehead atoms. The summed E-state index contributed by atoms with van der Waals surface area (Å²) in [7, 11) is 2.00. The third-order valence-corrected chi connectivity index (χ3v) is 3.68.